The fourth-order valence-electron chi connectivity index (χ4n) is 3.92. The number of benzene rings is 2. The van der Waals surface area contributed by atoms with Gasteiger partial charge in [-0.15, -0.1) is 11.8 Å². The number of nitrogens with zero attached hydrogens (tertiary/aromatic N) is 1. The van der Waals surface area contributed by atoms with Crippen molar-refractivity contribution in [1.29, 1.82) is 0 Å². The molecular formula is C23H25N3O3S. The molecule has 30 heavy (non-hydrogen) atoms. The van der Waals surface area contributed by atoms with E-state index < -0.39 is 12.1 Å². The second-order valence-corrected chi connectivity index (χ2v) is 8.72. The molecule has 0 radical (unpaired) electrons. The van der Waals surface area contributed by atoms with Crippen LogP contribution in [-0.4, -0.2) is 47.0 Å². The van der Waals surface area contributed by atoms with Gasteiger partial charge in [0.25, 0.3) is 5.91 Å². The molecule has 2 aromatic rings. The third-order valence-electron chi connectivity index (χ3n) is 5.53. The van der Waals surface area contributed by atoms with Crippen LogP contribution in [0.2, 0.25) is 0 Å². The Kier molecular flexibility index (Phi) is 6.08. The summed E-state index contributed by atoms with van der Waals surface area (Å²) in [6, 6.07) is 16.4. The van der Waals surface area contributed by atoms with E-state index >= 15 is 0 Å². The van der Waals surface area contributed by atoms with Crippen molar-refractivity contribution in [3.63, 3.8) is 0 Å². The van der Waals surface area contributed by atoms with E-state index in [1.54, 1.807) is 29.7 Å². The van der Waals surface area contributed by atoms with E-state index in [1.165, 1.54) is 5.56 Å². The maximum absolute atomic E-state index is 12.8. The van der Waals surface area contributed by atoms with Crippen LogP contribution >= 0.6 is 11.8 Å². The molecule has 0 saturated carbocycles. The van der Waals surface area contributed by atoms with Crippen molar-refractivity contribution in [1.82, 2.24) is 15.5 Å². The molecule has 0 spiro atoms. The summed E-state index contributed by atoms with van der Waals surface area (Å²) in [4.78, 5) is 39.6. The van der Waals surface area contributed by atoms with Crippen LogP contribution in [-0.2, 0) is 16.0 Å². The van der Waals surface area contributed by atoms with E-state index in [-0.39, 0.29) is 23.1 Å². The summed E-state index contributed by atoms with van der Waals surface area (Å²) >= 11 is 1.59. The van der Waals surface area contributed by atoms with E-state index in [4.69, 9.17) is 0 Å². The first-order valence-corrected chi connectivity index (χ1v) is 11.3. The Bertz CT molecular complexity index is 950. The Morgan fingerprint density at radius 3 is 2.67 bits per heavy atom. The van der Waals surface area contributed by atoms with Crippen molar-refractivity contribution >= 4 is 29.5 Å². The average Bonchev–Trinajstić information content (AvgIpc) is 3.32. The maximum Gasteiger partial charge on any atom is 0.256 e. The van der Waals surface area contributed by atoms with Crippen molar-refractivity contribution in [2.75, 3.05) is 12.3 Å². The smallest absolute Gasteiger partial charge is 0.256 e. The highest BCUT2D eigenvalue weighted by Gasteiger charge is 2.48. The average molecular weight is 424 g/mol. The standard InChI is InChI=1S/C23H25N3O3S/c1-15(20(27)24-13-7-10-16-8-3-2-4-9-16)25-21(28)19-14-30-23-18-12-6-5-11-17(18)22(29)26(19)23/h2-6,8-9,11-12,15,19,23H,7,10,13-14H2,1H3,(H,24,27)(H,25,28). The lowest BCUT2D eigenvalue weighted by atomic mass is 10.1. The molecule has 2 aromatic carbocycles. The Labute approximate surface area is 180 Å². The molecule has 6 nitrogen and oxygen atoms in total. The molecular weight excluding hydrogens is 398 g/mol. The number of hydrogen-bond donors (Lipinski definition) is 2. The van der Waals surface area contributed by atoms with Crippen molar-refractivity contribution in [3.05, 3.63) is 71.3 Å². The van der Waals surface area contributed by atoms with E-state index in [0.717, 1.165) is 18.4 Å². The van der Waals surface area contributed by atoms with E-state index in [1.807, 2.05) is 36.4 Å². The molecule has 3 unspecified atom stereocenters. The van der Waals surface area contributed by atoms with E-state index in [0.29, 0.717) is 17.9 Å². The molecule has 3 atom stereocenters. The molecule has 2 aliphatic rings. The molecule has 2 aliphatic heterocycles. The van der Waals surface area contributed by atoms with Crippen LogP contribution < -0.4 is 10.6 Å². The summed E-state index contributed by atoms with van der Waals surface area (Å²) in [6.45, 7) is 2.22. The zero-order valence-corrected chi connectivity index (χ0v) is 17.7. The number of carbonyl (C=O) groups is 3. The van der Waals surface area contributed by atoms with Crippen LogP contribution in [0, 0.1) is 0 Å². The third kappa shape index (κ3) is 4.07. The maximum atomic E-state index is 12.8. The first-order valence-electron chi connectivity index (χ1n) is 10.2. The van der Waals surface area contributed by atoms with Gasteiger partial charge in [-0.05, 0) is 37.0 Å². The van der Waals surface area contributed by atoms with Crippen molar-refractivity contribution < 1.29 is 14.4 Å². The molecule has 0 aliphatic carbocycles. The quantitative estimate of drug-likeness (QED) is 0.671. The highest BCUT2D eigenvalue weighted by molar-refractivity contribution is 7.99. The van der Waals surface area contributed by atoms with Crippen LogP contribution in [0.15, 0.2) is 54.6 Å². The van der Waals surface area contributed by atoms with Crippen molar-refractivity contribution in [3.8, 4) is 0 Å². The number of amides is 3. The molecule has 1 fully saturated rings. The summed E-state index contributed by atoms with van der Waals surface area (Å²) in [5.74, 6) is -0.0753. The molecule has 1 saturated heterocycles. The highest BCUT2D eigenvalue weighted by Crippen LogP contribution is 2.48. The second-order valence-electron chi connectivity index (χ2n) is 7.61. The molecule has 3 amide bonds. The normalized spacial score (nSPS) is 20.4. The summed E-state index contributed by atoms with van der Waals surface area (Å²) in [5, 5.41) is 5.54. The number of fused-ring (bicyclic) bond motifs is 3. The van der Waals surface area contributed by atoms with Gasteiger partial charge in [0.1, 0.15) is 17.5 Å². The summed E-state index contributed by atoms with van der Waals surface area (Å²) < 4.78 is 0. The highest BCUT2D eigenvalue weighted by atomic mass is 32.2. The van der Waals surface area contributed by atoms with E-state index in [9.17, 15) is 14.4 Å². The Morgan fingerprint density at radius 2 is 1.87 bits per heavy atom. The fraction of sp³-hybridized carbons (Fsp3) is 0.348. The Hall–Kier alpha value is -2.80. The van der Waals surface area contributed by atoms with Crippen molar-refractivity contribution in [2.24, 2.45) is 0 Å². The topological polar surface area (TPSA) is 78.5 Å². The molecule has 2 N–H and O–H groups in total. The van der Waals surface area contributed by atoms with Crippen LogP contribution in [0.1, 0.15) is 40.2 Å². The van der Waals surface area contributed by atoms with Gasteiger partial charge in [0.05, 0.1) is 0 Å². The van der Waals surface area contributed by atoms with Gasteiger partial charge in [0.2, 0.25) is 11.8 Å². The number of nitrogens with one attached hydrogen (secondary N) is 2. The van der Waals surface area contributed by atoms with Crippen molar-refractivity contribution in [2.45, 2.75) is 37.2 Å². The minimum absolute atomic E-state index is 0.112. The lowest BCUT2D eigenvalue weighted by Gasteiger charge is -2.24. The lowest BCUT2D eigenvalue weighted by molar-refractivity contribution is -0.130. The number of hydrogen-bond acceptors (Lipinski definition) is 4. The first-order chi connectivity index (χ1) is 14.6. The number of carbonyl (C=O) groups excluding carboxylic acids is 3. The third-order valence-corrected chi connectivity index (χ3v) is 6.84. The lowest BCUT2D eigenvalue weighted by Crippen LogP contribution is -2.52. The summed E-state index contributed by atoms with van der Waals surface area (Å²) in [5.41, 5.74) is 2.86. The Balaban J connectivity index is 1.27. The number of rotatable bonds is 7. The molecule has 0 bridgehead atoms. The zero-order valence-electron chi connectivity index (χ0n) is 16.8. The van der Waals surface area contributed by atoms with Gasteiger partial charge in [-0.25, -0.2) is 0 Å². The van der Waals surface area contributed by atoms with Crippen LogP contribution in [0.25, 0.3) is 0 Å². The van der Waals surface area contributed by atoms with Gasteiger partial charge in [-0.3, -0.25) is 14.4 Å². The van der Waals surface area contributed by atoms with Crippen LogP contribution in [0.3, 0.4) is 0 Å². The molecule has 2 heterocycles. The summed E-state index contributed by atoms with van der Waals surface area (Å²) in [7, 11) is 0. The van der Waals surface area contributed by atoms with Gasteiger partial charge in [-0.1, -0.05) is 48.5 Å². The minimum atomic E-state index is -0.654. The van der Waals surface area contributed by atoms with Gasteiger partial charge >= 0.3 is 0 Å². The molecule has 4 rings (SSSR count). The largest absolute Gasteiger partial charge is 0.354 e. The van der Waals surface area contributed by atoms with Crippen LogP contribution in [0.5, 0.6) is 0 Å². The number of aryl methyl sites for hydroxylation is 1. The predicted octanol–water partition coefficient (Wildman–Crippen LogP) is 2.51. The Morgan fingerprint density at radius 1 is 1.13 bits per heavy atom. The van der Waals surface area contributed by atoms with Gasteiger partial charge < -0.3 is 15.5 Å². The van der Waals surface area contributed by atoms with Gasteiger partial charge in [0, 0.05) is 17.9 Å². The van der Waals surface area contributed by atoms with E-state index in [2.05, 4.69) is 22.8 Å². The fourth-order valence-corrected chi connectivity index (χ4v) is 5.38. The monoisotopic (exact) mass is 423 g/mol. The first kappa shape index (κ1) is 20.5. The SMILES string of the molecule is CC(NC(=O)C1CSC2c3ccccc3C(=O)N12)C(=O)NCCCc1ccccc1. The zero-order chi connectivity index (χ0) is 21.1. The second kappa shape index (κ2) is 8.92. The van der Waals surface area contributed by atoms with Gasteiger partial charge in [0.15, 0.2) is 0 Å². The molecule has 0 aromatic heterocycles. The molecule has 7 heteroatoms. The summed E-state index contributed by atoms with van der Waals surface area (Å²) in [6.07, 6.45) is 1.72. The van der Waals surface area contributed by atoms with Gasteiger partial charge in [-0.2, -0.15) is 0 Å². The molecule has 156 valence electrons. The minimum Gasteiger partial charge on any atom is -0.354 e. The number of thioether (sulfide) groups is 1. The predicted molar refractivity (Wildman–Crippen MR) is 117 cm³/mol. The van der Waals surface area contributed by atoms with Crippen LogP contribution in [0.4, 0.5) is 0 Å².